The third kappa shape index (κ3) is 2.53. The summed E-state index contributed by atoms with van der Waals surface area (Å²) in [6, 6.07) is 15.8. The SMILES string of the molecule is CN(C)c1ccc(-c2nnc3sc(-c4ccccc4Cl)nn23)cc1. The van der Waals surface area contributed by atoms with Crippen LogP contribution < -0.4 is 4.90 Å². The van der Waals surface area contributed by atoms with Gasteiger partial charge in [0.25, 0.3) is 0 Å². The molecule has 0 aliphatic carbocycles. The molecule has 4 rings (SSSR count). The summed E-state index contributed by atoms with van der Waals surface area (Å²) in [6.07, 6.45) is 0. The minimum Gasteiger partial charge on any atom is -0.378 e. The predicted octanol–water partition coefficient (Wildman–Crippen LogP) is 4.24. The first kappa shape index (κ1) is 15.1. The van der Waals surface area contributed by atoms with Crippen molar-refractivity contribution in [2.75, 3.05) is 19.0 Å². The summed E-state index contributed by atoms with van der Waals surface area (Å²) < 4.78 is 1.77. The molecule has 0 aliphatic heterocycles. The molecule has 5 nitrogen and oxygen atoms in total. The Labute approximate surface area is 148 Å². The normalized spacial score (nSPS) is 11.1. The average molecular weight is 356 g/mol. The maximum Gasteiger partial charge on any atom is 0.235 e. The zero-order valence-corrected chi connectivity index (χ0v) is 14.7. The number of halogens is 1. The standard InChI is InChI=1S/C17H14ClN5S/c1-22(2)12-9-7-11(8-10-12)15-19-20-17-23(15)21-16(24-17)13-5-3-4-6-14(13)18/h3-10H,1-2H3. The average Bonchev–Trinajstić information content (AvgIpc) is 3.16. The largest absolute Gasteiger partial charge is 0.378 e. The quantitative estimate of drug-likeness (QED) is 0.551. The molecule has 0 amide bonds. The molecule has 0 unspecified atom stereocenters. The van der Waals surface area contributed by atoms with Crippen LogP contribution in [0.15, 0.2) is 48.5 Å². The van der Waals surface area contributed by atoms with E-state index in [1.54, 1.807) is 4.52 Å². The van der Waals surface area contributed by atoms with Gasteiger partial charge in [0.1, 0.15) is 5.01 Å². The number of aromatic nitrogens is 4. The lowest BCUT2D eigenvalue weighted by molar-refractivity contribution is 0.970. The summed E-state index contributed by atoms with van der Waals surface area (Å²) >= 11 is 7.75. The second-order valence-corrected chi connectivity index (χ2v) is 6.91. The molecule has 0 N–H and O–H groups in total. The van der Waals surface area contributed by atoms with E-state index < -0.39 is 0 Å². The van der Waals surface area contributed by atoms with Gasteiger partial charge in [0.15, 0.2) is 5.82 Å². The highest BCUT2D eigenvalue weighted by Gasteiger charge is 2.15. The fourth-order valence-corrected chi connectivity index (χ4v) is 3.61. The highest BCUT2D eigenvalue weighted by Crippen LogP contribution is 2.32. The molecule has 0 atom stereocenters. The van der Waals surface area contributed by atoms with E-state index in [1.165, 1.54) is 11.3 Å². The van der Waals surface area contributed by atoms with E-state index in [2.05, 4.69) is 32.3 Å². The maximum atomic E-state index is 6.27. The second-order valence-electron chi connectivity index (χ2n) is 5.55. The third-order valence-electron chi connectivity index (χ3n) is 3.74. The molecule has 120 valence electrons. The molecule has 2 aromatic carbocycles. The van der Waals surface area contributed by atoms with Crippen LogP contribution in [0.2, 0.25) is 5.02 Å². The number of hydrogen-bond donors (Lipinski definition) is 0. The number of benzene rings is 2. The molecule has 0 aliphatic rings. The first-order valence-corrected chi connectivity index (χ1v) is 8.58. The maximum absolute atomic E-state index is 6.27. The van der Waals surface area contributed by atoms with Crippen LogP contribution in [0.5, 0.6) is 0 Å². The molecule has 0 fully saturated rings. The van der Waals surface area contributed by atoms with Crippen LogP contribution in [0, 0.1) is 0 Å². The molecule has 24 heavy (non-hydrogen) atoms. The van der Waals surface area contributed by atoms with Gasteiger partial charge in [-0.1, -0.05) is 41.1 Å². The van der Waals surface area contributed by atoms with Gasteiger partial charge in [0, 0.05) is 30.9 Å². The zero-order chi connectivity index (χ0) is 16.7. The summed E-state index contributed by atoms with van der Waals surface area (Å²) in [5, 5.41) is 14.7. The van der Waals surface area contributed by atoms with E-state index in [4.69, 9.17) is 11.6 Å². The van der Waals surface area contributed by atoms with Crippen molar-refractivity contribution in [2.24, 2.45) is 0 Å². The predicted molar refractivity (Wildman–Crippen MR) is 98.9 cm³/mol. The van der Waals surface area contributed by atoms with Crippen molar-refractivity contribution in [1.82, 2.24) is 19.8 Å². The lowest BCUT2D eigenvalue weighted by atomic mass is 10.2. The van der Waals surface area contributed by atoms with Crippen molar-refractivity contribution in [3.8, 4) is 22.0 Å². The molecule has 0 bridgehead atoms. The number of anilines is 1. The van der Waals surface area contributed by atoms with E-state index in [-0.39, 0.29) is 0 Å². The van der Waals surface area contributed by atoms with Crippen LogP contribution in [0.1, 0.15) is 0 Å². The highest BCUT2D eigenvalue weighted by molar-refractivity contribution is 7.19. The lowest BCUT2D eigenvalue weighted by Gasteiger charge is -2.11. The van der Waals surface area contributed by atoms with Crippen LogP contribution in [0.3, 0.4) is 0 Å². The van der Waals surface area contributed by atoms with E-state index in [1.807, 2.05) is 50.5 Å². The van der Waals surface area contributed by atoms with Gasteiger partial charge in [-0.25, -0.2) is 0 Å². The monoisotopic (exact) mass is 355 g/mol. The Bertz CT molecular complexity index is 1000. The van der Waals surface area contributed by atoms with Crippen LogP contribution in [-0.2, 0) is 0 Å². The van der Waals surface area contributed by atoms with E-state index in [9.17, 15) is 0 Å². The van der Waals surface area contributed by atoms with Crippen LogP contribution in [-0.4, -0.2) is 33.9 Å². The third-order valence-corrected chi connectivity index (χ3v) is 5.00. The fourth-order valence-electron chi connectivity index (χ4n) is 2.45. The Balaban J connectivity index is 1.79. The fraction of sp³-hybridized carbons (Fsp3) is 0.118. The smallest absolute Gasteiger partial charge is 0.235 e. The first-order chi connectivity index (χ1) is 11.6. The molecule has 0 saturated heterocycles. The van der Waals surface area contributed by atoms with Gasteiger partial charge in [0.2, 0.25) is 4.96 Å². The second kappa shape index (κ2) is 5.89. The van der Waals surface area contributed by atoms with Crippen LogP contribution in [0.25, 0.3) is 26.9 Å². The molecular weight excluding hydrogens is 342 g/mol. The molecule has 0 radical (unpaired) electrons. The number of fused-ring (bicyclic) bond motifs is 1. The minimum absolute atomic E-state index is 0.680. The molecule has 7 heteroatoms. The molecule has 4 aromatic rings. The van der Waals surface area contributed by atoms with E-state index in [0.717, 1.165) is 32.6 Å². The van der Waals surface area contributed by atoms with Gasteiger partial charge in [-0.15, -0.1) is 10.2 Å². The van der Waals surface area contributed by atoms with Gasteiger partial charge >= 0.3 is 0 Å². The van der Waals surface area contributed by atoms with Crippen molar-refractivity contribution in [2.45, 2.75) is 0 Å². The molecule has 0 spiro atoms. The number of rotatable bonds is 3. The van der Waals surface area contributed by atoms with Crippen molar-refractivity contribution in [1.29, 1.82) is 0 Å². The number of nitrogens with zero attached hydrogens (tertiary/aromatic N) is 5. The summed E-state index contributed by atoms with van der Waals surface area (Å²) in [5.41, 5.74) is 3.02. The molecular formula is C17H14ClN5S. The summed E-state index contributed by atoms with van der Waals surface area (Å²) in [4.78, 5) is 2.80. The Morgan fingerprint density at radius 2 is 1.75 bits per heavy atom. The summed E-state index contributed by atoms with van der Waals surface area (Å²) in [6.45, 7) is 0. The first-order valence-electron chi connectivity index (χ1n) is 7.38. The van der Waals surface area contributed by atoms with Crippen LogP contribution in [0.4, 0.5) is 5.69 Å². The minimum atomic E-state index is 0.680. The van der Waals surface area contributed by atoms with Crippen molar-refractivity contribution >= 4 is 33.6 Å². The van der Waals surface area contributed by atoms with Crippen molar-refractivity contribution in [3.05, 3.63) is 53.6 Å². The Hall–Kier alpha value is -2.44. The Kier molecular flexibility index (Phi) is 3.70. The van der Waals surface area contributed by atoms with Gasteiger partial charge in [-0.05, 0) is 30.3 Å². The van der Waals surface area contributed by atoms with Crippen LogP contribution >= 0.6 is 22.9 Å². The lowest BCUT2D eigenvalue weighted by Crippen LogP contribution is -2.08. The van der Waals surface area contributed by atoms with E-state index in [0.29, 0.717) is 5.02 Å². The highest BCUT2D eigenvalue weighted by atomic mass is 35.5. The van der Waals surface area contributed by atoms with Gasteiger partial charge < -0.3 is 4.90 Å². The topological polar surface area (TPSA) is 46.3 Å². The van der Waals surface area contributed by atoms with Gasteiger partial charge in [-0.2, -0.15) is 9.61 Å². The molecule has 0 saturated carbocycles. The van der Waals surface area contributed by atoms with E-state index >= 15 is 0 Å². The molecule has 2 aromatic heterocycles. The molecule has 2 heterocycles. The number of hydrogen-bond acceptors (Lipinski definition) is 5. The van der Waals surface area contributed by atoms with Gasteiger partial charge in [-0.3, -0.25) is 0 Å². The zero-order valence-electron chi connectivity index (χ0n) is 13.1. The summed E-state index contributed by atoms with van der Waals surface area (Å²) in [7, 11) is 4.03. The van der Waals surface area contributed by atoms with Gasteiger partial charge in [0.05, 0.1) is 5.02 Å². The van der Waals surface area contributed by atoms with Crippen molar-refractivity contribution in [3.63, 3.8) is 0 Å². The van der Waals surface area contributed by atoms with Crippen molar-refractivity contribution < 1.29 is 0 Å². The Morgan fingerprint density at radius 1 is 1.00 bits per heavy atom. The summed E-state index contributed by atoms with van der Waals surface area (Å²) in [5.74, 6) is 0.727. The Morgan fingerprint density at radius 3 is 2.46 bits per heavy atom.